The Hall–Kier alpha value is -2.21. The molecule has 7 heteroatoms. The van der Waals surface area contributed by atoms with Gasteiger partial charge in [0.25, 0.3) is 0 Å². The highest BCUT2D eigenvalue weighted by Gasteiger charge is 2.05. The predicted octanol–water partition coefficient (Wildman–Crippen LogP) is 2.35. The van der Waals surface area contributed by atoms with E-state index in [1.807, 2.05) is 0 Å². The van der Waals surface area contributed by atoms with Crippen LogP contribution >= 0.6 is 11.6 Å². The summed E-state index contributed by atoms with van der Waals surface area (Å²) in [5, 5.41) is 7.11. The molecule has 1 aromatic heterocycles. The largest absolute Gasteiger partial charge is 0.437 e. The maximum atomic E-state index is 12.9. The Morgan fingerprint density at radius 1 is 1.33 bits per heavy atom. The van der Waals surface area contributed by atoms with Gasteiger partial charge in [-0.25, -0.2) is 14.4 Å². The molecule has 0 radical (unpaired) electrons. The third kappa shape index (κ3) is 2.72. The summed E-state index contributed by atoms with van der Waals surface area (Å²) in [6, 6.07) is 3.94. The van der Waals surface area contributed by atoms with E-state index >= 15 is 0 Å². The van der Waals surface area contributed by atoms with Crippen molar-refractivity contribution >= 4 is 17.4 Å². The van der Waals surface area contributed by atoms with E-state index in [1.165, 1.54) is 30.6 Å². The molecule has 1 heterocycles. The minimum Gasteiger partial charge on any atom is -0.437 e. The maximum Gasteiger partial charge on any atom is 0.237 e. The molecule has 0 aliphatic rings. The molecule has 0 saturated heterocycles. The summed E-state index contributed by atoms with van der Waals surface area (Å²) in [6.07, 6.45) is 2.62. The van der Waals surface area contributed by atoms with E-state index in [9.17, 15) is 4.39 Å². The summed E-state index contributed by atoms with van der Waals surface area (Å²) >= 11 is 5.61. The smallest absolute Gasteiger partial charge is 0.237 e. The van der Waals surface area contributed by atoms with Crippen molar-refractivity contribution in [1.82, 2.24) is 9.97 Å². The Morgan fingerprint density at radius 3 is 2.67 bits per heavy atom. The van der Waals surface area contributed by atoms with Gasteiger partial charge < -0.3 is 10.5 Å². The van der Waals surface area contributed by atoms with E-state index in [2.05, 4.69) is 9.97 Å². The number of ether oxygens (including phenoxy) is 1. The number of hydrogen-bond donors (Lipinski definition) is 2. The standard InChI is InChI=1S/C11H8ClFN4O/c12-7-3-6(1-2-8(7)13)18-10-5-16-9(4-17-10)11(14)15/h1-5H,(H3,14,15). The van der Waals surface area contributed by atoms with E-state index in [4.69, 9.17) is 27.5 Å². The van der Waals surface area contributed by atoms with Gasteiger partial charge in [0.2, 0.25) is 5.88 Å². The first kappa shape index (κ1) is 12.3. The first-order valence-electron chi connectivity index (χ1n) is 4.85. The average Bonchev–Trinajstić information content (AvgIpc) is 2.34. The second kappa shape index (κ2) is 4.97. The summed E-state index contributed by atoms with van der Waals surface area (Å²) in [4.78, 5) is 7.78. The lowest BCUT2D eigenvalue weighted by molar-refractivity contribution is 0.458. The van der Waals surface area contributed by atoms with Gasteiger partial charge in [0, 0.05) is 6.07 Å². The number of nitrogens with two attached hydrogens (primary N) is 1. The number of amidine groups is 1. The Bertz CT molecular complexity index is 588. The fourth-order valence-electron chi connectivity index (χ4n) is 1.17. The molecule has 2 aromatic rings. The van der Waals surface area contributed by atoms with Crippen molar-refractivity contribution in [3.05, 3.63) is 47.1 Å². The summed E-state index contributed by atoms with van der Waals surface area (Å²) in [5.41, 5.74) is 5.48. The van der Waals surface area contributed by atoms with Crippen LogP contribution in [0.1, 0.15) is 5.69 Å². The van der Waals surface area contributed by atoms with Crippen LogP contribution in [0.2, 0.25) is 5.02 Å². The Balaban J connectivity index is 2.18. The van der Waals surface area contributed by atoms with Crippen LogP contribution in [0, 0.1) is 11.2 Å². The average molecular weight is 267 g/mol. The van der Waals surface area contributed by atoms with Crippen molar-refractivity contribution in [2.24, 2.45) is 5.73 Å². The molecule has 0 spiro atoms. The van der Waals surface area contributed by atoms with Gasteiger partial charge in [0.1, 0.15) is 23.1 Å². The molecule has 0 aliphatic heterocycles. The molecule has 0 saturated carbocycles. The normalized spacial score (nSPS) is 10.1. The number of nitrogens with zero attached hydrogens (tertiary/aromatic N) is 2. The molecular weight excluding hydrogens is 259 g/mol. The van der Waals surface area contributed by atoms with Crippen LogP contribution in [-0.4, -0.2) is 15.8 Å². The number of nitrogens with one attached hydrogen (secondary N) is 1. The van der Waals surface area contributed by atoms with Crippen molar-refractivity contribution < 1.29 is 9.13 Å². The van der Waals surface area contributed by atoms with Crippen molar-refractivity contribution in [2.45, 2.75) is 0 Å². The highest BCUT2D eigenvalue weighted by atomic mass is 35.5. The SMILES string of the molecule is N=C(N)c1cnc(Oc2ccc(F)c(Cl)c2)cn1. The van der Waals surface area contributed by atoms with Gasteiger partial charge in [-0.2, -0.15) is 0 Å². The van der Waals surface area contributed by atoms with Gasteiger partial charge in [-0.15, -0.1) is 0 Å². The minimum absolute atomic E-state index is 0.0409. The topological polar surface area (TPSA) is 84.9 Å². The van der Waals surface area contributed by atoms with Crippen molar-refractivity contribution in [1.29, 1.82) is 5.41 Å². The molecule has 0 fully saturated rings. The zero-order valence-corrected chi connectivity index (χ0v) is 9.78. The lowest BCUT2D eigenvalue weighted by Gasteiger charge is -2.05. The first-order chi connectivity index (χ1) is 8.56. The fourth-order valence-corrected chi connectivity index (χ4v) is 1.34. The summed E-state index contributed by atoms with van der Waals surface area (Å²) in [7, 11) is 0. The summed E-state index contributed by atoms with van der Waals surface area (Å²) < 4.78 is 18.2. The molecule has 92 valence electrons. The lowest BCUT2D eigenvalue weighted by Crippen LogP contribution is -2.13. The molecule has 18 heavy (non-hydrogen) atoms. The predicted molar refractivity (Wildman–Crippen MR) is 64.5 cm³/mol. The van der Waals surface area contributed by atoms with Crippen LogP contribution in [0.15, 0.2) is 30.6 Å². The molecule has 0 unspecified atom stereocenters. The van der Waals surface area contributed by atoms with Gasteiger partial charge in [-0.05, 0) is 12.1 Å². The van der Waals surface area contributed by atoms with Crippen LogP contribution < -0.4 is 10.5 Å². The monoisotopic (exact) mass is 266 g/mol. The number of rotatable bonds is 3. The molecule has 1 aromatic carbocycles. The second-order valence-electron chi connectivity index (χ2n) is 3.33. The molecule has 2 rings (SSSR count). The van der Waals surface area contributed by atoms with Gasteiger partial charge in [-0.1, -0.05) is 11.6 Å². The molecule has 5 nitrogen and oxygen atoms in total. The molecule has 0 bridgehead atoms. The molecule has 0 atom stereocenters. The molecular formula is C11H8ClFN4O. The number of halogens is 2. The summed E-state index contributed by atoms with van der Waals surface area (Å²) in [6.45, 7) is 0. The van der Waals surface area contributed by atoms with Crippen LogP contribution in [0.3, 0.4) is 0 Å². The van der Waals surface area contributed by atoms with Crippen LogP contribution in [-0.2, 0) is 0 Å². The van der Waals surface area contributed by atoms with Crippen LogP contribution in [0.25, 0.3) is 0 Å². The Labute approximate surface area is 107 Å². The lowest BCUT2D eigenvalue weighted by atomic mass is 10.3. The quantitative estimate of drug-likeness (QED) is 0.660. The number of nitrogen functional groups attached to an aromatic ring is 1. The van der Waals surface area contributed by atoms with Crippen molar-refractivity contribution in [2.75, 3.05) is 0 Å². The molecule has 0 aliphatic carbocycles. The van der Waals surface area contributed by atoms with E-state index in [0.717, 1.165) is 0 Å². The number of benzene rings is 1. The molecule has 3 N–H and O–H groups in total. The highest BCUT2D eigenvalue weighted by Crippen LogP contribution is 2.24. The zero-order valence-electron chi connectivity index (χ0n) is 9.02. The van der Waals surface area contributed by atoms with E-state index in [1.54, 1.807) is 0 Å². The zero-order chi connectivity index (χ0) is 13.1. The van der Waals surface area contributed by atoms with Gasteiger partial charge in [0.05, 0.1) is 17.4 Å². The Kier molecular flexibility index (Phi) is 3.38. The highest BCUT2D eigenvalue weighted by molar-refractivity contribution is 6.30. The van der Waals surface area contributed by atoms with E-state index < -0.39 is 5.82 Å². The third-order valence-electron chi connectivity index (χ3n) is 2.02. The third-order valence-corrected chi connectivity index (χ3v) is 2.31. The van der Waals surface area contributed by atoms with Gasteiger partial charge in [-0.3, -0.25) is 5.41 Å². The summed E-state index contributed by atoms with van der Waals surface area (Å²) in [5.74, 6) is -0.171. The Morgan fingerprint density at radius 2 is 2.11 bits per heavy atom. The minimum atomic E-state index is -0.526. The van der Waals surface area contributed by atoms with Gasteiger partial charge >= 0.3 is 0 Å². The second-order valence-corrected chi connectivity index (χ2v) is 3.74. The first-order valence-corrected chi connectivity index (χ1v) is 5.23. The van der Waals surface area contributed by atoms with Gasteiger partial charge in [0.15, 0.2) is 0 Å². The van der Waals surface area contributed by atoms with Crippen LogP contribution in [0.4, 0.5) is 4.39 Å². The number of aromatic nitrogens is 2. The van der Waals surface area contributed by atoms with Crippen molar-refractivity contribution in [3.63, 3.8) is 0 Å². The number of hydrogen-bond acceptors (Lipinski definition) is 4. The van der Waals surface area contributed by atoms with Crippen LogP contribution in [0.5, 0.6) is 11.6 Å². The van der Waals surface area contributed by atoms with Crippen molar-refractivity contribution in [3.8, 4) is 11.6 Å². The maximum absolute atomic E-state index is 12.9. The van der Waals surface area contributed by atoms with E-state index in [-0.39, 0.29) is 22.4 Å². The molecule has 0 amide bonds. The fraction of sp³-hybridized carbons (Fsp3) is 0. The van der Waals surface area contributed by atoms with E-state index in [0.29, 0.717) is 5.75 Å².